The molecule has 0 amide bonds. The first-order valence-electron chi connectivity index (χ1n) is 6.71. The highest BCUT2D eigenvalue weighted by Crippen LogP contribution is 2.27. The van der Waals surface area contributed by atoms with Crippen LogP contribution < -0.4 is 0 Å². The van der Waals surface area contributed by atoms with Crippen LogP contribution in [0.4, 0.5) is 0 Å². The van der Waals surface area contributed by atoms with Gasteiger partial charge in [-0.2, -0.15) is 0 Å². The molecule has 0 atom stereocenters. The number of furan rings is 1. The minimum atomic E-state index is -0.251. The predicted molar refractivity (Wildman–Crippen MR) is 76.0 cm³/mol. The Morgan fingerprint density at radius 3 is 2.70 bits per heavy atom. The van der Waals surface area contributed by atoms with Crippen molar-refractivity contribution in [3.8, 4) is 0 Å². The molecule has 0 N–H and O–H groups in total. The summed E-state index contributed by atoms with van der Waals surface area (Å²) >= 11 is 0. The molecule has 0 radical (unpaired) electrons. The third-order valence-corrected chi connectivity index (χ3v) is 3.25. The van der Waals surface area contributed by atoms with Gasteiger partial charge in [-0.25, -0.2) is 0 Å². The number of ketones is 2. The van der Waals surface area contributed by atoms with Crippen LogP contribution in [0, 0.1) is 0 Å². The van der Waals surface area contributed by atoms with E-state index in [2.05, 4.69) is 0 Å². The summed E-state index contributed by atoms with van der Waals surface area (Å²) < 4.78 is 10.5. The molecular weight excluding hydrogens is 256 g/mol. The molecule has 1 heterocycles. The zero-order valence-electron chi connectivity index (χ0n) is 11.8. The highest BCUT2D eigenvalue weighted by atomic mass is 16.5. The maximum Gasteiger partial charge on any atom is 0.205 e. The van der Waals surface area contributed by atoms with E-state index < -0.39 is 0 Å². The van der Waals surface area contributed by atoms with Gasteiger partial charge >= 0.3 is 0 Å². The van der Waals surface area contributed by atoms with E-state index >= 15 is 0 Å². The Morgan fingerprint density at radius 1 is 1.25 bits per heavy atom. The van der Waals surface area contributed by atoms with E-state index in [1.807, 2.05) is 31.2 Å². The summed E-state index contributed by atoms with van der Waals surface area (Å²) in [7, 11) is 1.53. The lowest BCUT2D eigenvalue weighted by molar-refractivity contribution is -0.119. The lowest BCUT2D eigenvalue weighted by Crippen LogP contribution is -2.10. The zero-order valence-corrected chi connectivity index (χ0v) is 11.8. The van der Waals surface area contributed by atoms with Gasteiger partial charge in [-0.1, -0.05) is 25.1 Å². The average Bonchev–Trinajstić information content (AvgIpc) is 2.83. The third-order valence-electron chi connectivity index (χ3n) is 3.25. The van der Waals surface area contributed by atoms with Gasteiger partial charge in [0.05, 0.1) is 13.0 Å². The highest BCUT2D eigenvalue weighted by Gasteiger charge is 2.21. The number of aryl methyl sites for hydroxylation is 1. The first kappa shape index (κ1) is 14.5. The summed E-state index contributed by atoms with van der Waals surface area (Å²) in [5.74, 6) is -0.0574. The summed E-state index contributed by atoms with van der Waals surface area (Å²) in [6.07, 6.45) is 0.824. The zero-order chi connectivity index (χ0) is 14.5. The normalized spacial score (nSPS) is 10.9. The molecule has 0 unspecified atom stereocenters. The summed E-state index contributed by atoms with van der Waals surface area (Å²) in [6, 6.07) is 7.54. The molecule has 0 bridgehead atoms. The molecule has 2 aromatic rings. The van der Waals surface area contributed by atoms with Crippen LogP contribution >= 0.6 is 0 Å². The Labute approximate surface area is 117 Å². The van der Waals surface area contributed by atoms with Gasteiger partial charge in [-0.3, -0.25) is 9.59 Å². The van der Waals surface area contributed by atoms with Crippen LogP contribution in [0.25, 0.3) is 11.0 Å². The van der Waals surface area contributed by atoms with Crippen LogP contribution in [-0.2, 0) is 16.0 Å². The number of carbonyl (C=O) groups excluding carboxylic acids is 2. The van der Waals surface area contributed by atoms with Crippen LogP contribution in [0.3, 0.4) is 0 Å². The lowest BCUT2D eigenvalue weighted by Gasteiger charge is -2.00. The van der Waals surface area contributed by atoms with Gasteiger partial charge in [0, 0.05) is 24.5 Å². The molecule has 0 aliphatic heterocycles. The summed E-state index contributed by atoms with van der Waals surface area (Å²) in [5, 5.41) is 0.947. The van der Waals surface area contributed by atoms with Crippen molar-refractivity contribution in [1.29, 1.82) is 0 Å². The third kappa shape index (κ3) is 2.96. The molecule has 2 rings (SSSR count). The minimum Gasteiger partial charge on any atom is -0.453 e. The number of fused-ring (bicyclic) bond motifs is 1. The number of carbonyl (C=O) groups is 2. The number of benzene rings is 1. The quantitative estimate of drug-likeness (QED) is 0.575. The topological polar surface area (TPSA) is 56.5 Å². The molecule has 1 aromatic heterocycles. The van der Waals surface area contributed by atoms with Gasteiger partial charge in [0.2, 0.25) is 5.78 Å². The number of methoxy groups -OCH3 is 1. The van der Waals surface area contributed by atoms with Crippen molar-refractivity contribution in [2.24, 2.45) is 0 Å². The second-order valence-corrected chi connectivity index (χ2v) is 4.64. The molecule has 0 aliphatic rings. The number of para-hydroxylation sites is 1. The first-order valence-corrected chi connectivity index (χ1v) is 6.71. The van der Waals surface area contributed by atoms with Crippen LogP contribution in [0.2, 0.25) is 0 Å². The number of ether oxygens (including phenoxy) is 1. The monoisotopic (exact) mass is 274 g/mol. The van der Waals surface area contributed by atoms with Gasteiger partial charge in [0.15, 0.2) is 5.76 Å². The van der Waals surface area contributed by atoms with Crippen LogP contribution in [-0.4, -0.2) is 25.3 Å². The van der Waals surface area contributed by atoms with Crippen LogP contribution in [0.1, 0.15) is 35.9 Å². The van der Waals surface area contributed by atoms with E-state index in [-0.39, 0.29) is 24.4 Å². The number of hydrogen-bond donors (Lipinski definition) is 0. The lowest BCUT2D eigenvalue weighted by atomic mass is 10.0. The molecule has 0 aliphatic carbocycles. The molecule has 1 aromatic carbocycles. The molecule has 0 saturated carbocycles. The summed E-state index contributed by atoms with van der Waals surface area (Å²) in [5.41, 5.74) is 1.57. The van der Waals surface area contributed by atoms with Crippen molar-refractivity contribution in [3.63, 3.8) is 0 Å². The molecular formula is C16H18O4. The fraction of sp³-hybridized carbons (Fsp3) is 0.375. The van der Waals surface area contributed by atoms with Crippen molar-refractivity contribution in [1.82, 2.24) is 0 Å². The number of hydrogen-bond acceptors (Lipinski definition) is 4. The second kappa shape index (κ2) is 6.48. The maximum absolute atomic E-state index is 12.2. The van der Waals surface area contributed by atoms with Gasteiger partial charge in [-0.05, 0) is 12.5 Å². The van der Waals surface area contributed by atoms with Gasteiger partial charge in [0.1, 0.15) is 11.4 Å². The van der Waals surface area contributed by atoms with E-state index in [9.17, 15) is 9.59 Å². The van der Waals surface area contributed by atoms with E-state index in [4.69, 9.17) is 9.15 Å². The Kier molecular flexibility index (Phi) is 4.69. The van der Waals surface area contributed by atoms with Crippen molar-refractivity contribution in [2.45, 2.75) is 26.2 Å². The van der Waals surface area contributed by atoms with Crippen molar-refractivity contribution in [3.05, 3.63) is 35.6 Å². The smallest absolute Gasteiger partial charge is 0.205 e. The van der Waals surface area contributed by atoms with E-state index in [0.717, 1.165) is 10.9 Å². The predicted octanol–water partition coefficient (Wildman–Crippen LogP) is 3.17. The van der Waals surface area contributed by atoms with Crippen LogP contribution in [0.5, 0.6) is 0 Å². The molecule has 0 spiro atoms. The average molecular weight is 274 g/mol. The van der Waals surface area contributed by atoms with Gasteiger partial charge < -0.3 is 9.15 Å². The Hall–Kier alpha value is -1.94. The Morgan fingerprint density at radius 2 is 2.00 bits per heavy atom. The van der Waals surface area contributed by atoms with Gasteiger partial charge in [0.25, 0.3) is 0 Å². The highest BCUT2D eigenvalue weighted by molar-refractivity contribution is 6.09. The first-order chi connectivity index (χ1) is 9.67. The standard InChI is InChI=1S/C16H18O4/c1-3-12-13-6-4-5-7-15(13)20-16(12)14(18)10-11(17)8-9-19-2/h4-7H,3,8-10H2,1-2H3. The molecule has 4 nitrogen and oxygen atoms in total. The van der Waals surface area contributed by atoms with E-state index in [0.29, 0.717) is 24.4 Å². The van der Waals surface area contributed by atoms with Crippen molar-refractivity contribution >= 4 is 22.5 Å². The van der Waals surface area contributed by atoms with Crippen molar-refractivity contribution in [2.75, 3.05) is 13.7 Å². The number of rotatable bonds is 7. The fourth-order valence-corrected chi connectivity index (χ4v) is 2.24. The second-order valence-electron chi connectivity index (χ2n) is 4.64. The van der Waals surface area contributed by atoms with Gasteiger partial charge in [-0.15, -0.1) is 0 Å². The molecule has 0 saturated heterocycles. The Bertz CT molecular complexity index is 624. The maximum atomic E-state index is 12.2. The largest absolute Gasteiger partial charge is 0.453 e. The SMILES string of the molecule is CCc1c(C(=O)CC(=O)CCOC)oc2ccccc12. The molecule has 4 heteroatoms. The molecule has 106 valence electrons. The molecule has 20 heavy (non-hydrogen) atoms. The Balaban J connectivity index is 2.23. The van der Waals surface area contributed by atoms with Crippen LogP contribution in [0.15, 0.2) is 28.7 Å². The van der Waals surface area contributed by atoms with E-state index in [1.54, 1.807) is 0 Å². The molecule has 0 fully saturated rings. The minimum absolute atomic E-state index is 0.126. The fourth-order valence-electron chi connectivity index (χ4n) is 2.24. The van der Waals surface area contributed by atoms with Crippen molar-refractivity contribution < 1.29 is 18.7 Å². The summed E-state index contributed by atoms with van der Waals surface area (Å²) in [4.78, 5) is 23.9. The van der Waals surface area contributed by atoms with E-state index in [1.165, 1.54) is 7.11 Å². The summed E-state index contributed by atoms with van der Waals surface area (Å²) in [6.45, 7) is 2.31. The number of Topliss-reactive ketones (excluding diaryl/α,β-unsaturated/α-hetero) is 2.